The van der Waals surface area contributed by atoms with Gasteiger partial charge in [-0.25, -0.2) is 4.68 Å². The highest BCUT2D eigenvalue weighted by atomic mass is 16.2. The highest BCUT2D eigenvalue weighted by Gasteiger charge is 2.23. The van der Waals surface area contributed by atoms with Crippen LogP contribution in [0.5, 0.6) is 0 Å². The van der Waals surface area contributed by atoms with Crippen molar-refractivity contribution in [2.75, 3.05) is 19.4 Å². The van der Waals surface area contributed by atoms with E-state index in [4.69, 9.17) is 0 Å². The van der Waals surface area contributed by atoms with E-state index in [0.717, 1.165) is 11.3 Å². The number of nitrogens with zero attached hydrogens (tertiary/aromatic N) is 3. The molecule has 1 atom stereocenters. The Labute approximate surface area is 141 Å². The Morgan fingerprint density at radius 2 is 1.62 bits per heavy atom. The van der Waals surface area contributed by atoms with Crippen molar-refractivity contribution in [3.63, 3.8) is 0 Å². The lowest BCUT2D eigenvalue weighted by Crippen LogP contribution is -2.32. The minimum absolute atomic E-state index is 0.107. The highest BCUT2D eigenvalue weighted by Crippen LogP contribution is 2.20. The molecule has 5 nitrogen and oxygen atoms in total. The molecule has 3 aromatic rings. The number of anilines is 1. The number of hydrogen-bond donors (Lipinski definition) is 1. The van der Waals surface area contributed by atoms with Gasteiger partial charge >= 0.3 is 0 Å². The molecule has 1 aromatic heterocycles. The van der Waals surface area contributed by atoms with Crippen LogP contribution in [0, 0.1) is 0 Å². The molecule has 122 valence electrons. The maximum Gasteiger partial charge on any atom is 0.247 e. The third-order valence-corrected chi connectivity index (χ3v) is 3.74. The van der Waals surface area contributed by atoms with Crippen molar-refractivity contribution in [3.8, 4) is 5.69 Å². The van der Waals surface area contributed by atoms with E-state index >= 15 is 0 Å². The van der Waals surface area contributed by atoms with E-state index < -0.39 is 0 Å². The third kappa shape index (κ3) is 3.52. The summed E-state index contributed by atoms with van der Waals surface area (Å²) >= 11 is 0. The van der Waals surface area contributed by atoms with Crippen LogP contribution in [0.1, 0.15) is 11.6 Å². The second-order valence-electron chi connectivity index (χ2n) is 5.75. The second kappa shape index (κ2) is 7.10. The SMILES string of the molecule is CN(C)C(C(=O)Nc1ccn(-c2ccccc2)n1)c1ccccc1. The second-order valence-corrected chi connectivity index (χ2v) is 5.75. The lowest BCUT2D eigenvalue weighted by Gasteiger charge is -2.23. The number of rotatable bonds is 5. The summed E-state index contributed by atoms with van der Waals surface area (Å²) in [6.45, 7) is 0. The van der Waals surface area contributed by atoms with Crippen LogP contribution in [0.15, 0.2) is 72.9 Å². The van der Waals surface area contributed by atoms with Crippen molar-refractivity contribution in [1.82, 2.24) is 14.7 Å². The Hall–Kier alpha value is -2.92. The van der Waals surface area contributed by atoms with Crippen molar-refractivity contribution < 1.29 is 4.79 Å². The van der Waals surface area contributed by atoms with E-state index in [1.807, 2.05) is 85.9 Å². The summed E-state index contributed by atoms with van der Waals surface area (Å²) in [7, 11) is 3.78. The number of carbonyl (C=O) groups excluding carboxylic acids is 1. The van der Waals surface area contributed by atoms with Gasteiger partial charge in [0, 0.05) is 12.3 Å². The fraction of sp³-hybridized carbons (Fsp3) is 0.158. The fourth-order valence-corrected chi connectivity index (χ4v) is 2.63. The maximum absolute atomic E-state index is 12.7. The highest BCUT2D eigenvalue weighted by molar-refractivity contribution is 5.94. The van der Waals surface area contributed by atoms with Crippen molar-refractivity contribution >= 4 is 11.7 Å². The zero-order valence-electron chi connectivity index (χ0n) is 13.8. The minimum atomic E-state index is -0.368. The van der Waals surface area contributed by atoms with Crippen LogP contribution in [0.4, 0.5) is 5.82 Å². The summed E-state index contributed by atoms with van der Waals surface area (Å²) in [5.41, 5.74) is 1.90. The minimum Gasteiger partial charge on any atom is -0.308 e. The Morgan fingerprint density at radius 3 is 2.25 bits per heavy atom. The van der Waals surface area contributed by atoms with Gasteiger partial charge in [-0.1, -0.05) is 48.5 Å². The number of amides is 1. The van der Waals surface area contributed by atoms with Crippen molar-refractivity contribution in [2.45, 2.75) is 6.04 Å². The first-order valence-electron chi connectivity index (χ1n) is 7.78. The van der Waals surface area contributed by atoms with Gasteiger partial charge in [0.15, 0.2) is 5.82 Å². The first-order chi connectivity index (χ1) is 11.6. The standard InChI is InChI=1S/C19H20N4O/c1-22(2)18(15-9-5-3-6-10-15)19(24)20-17-13-14-23(21-17)16-11-7-4-8-12-16/h3-14,18H,1-2H3,(H,20,21,24). The van der Waals surface area contributed by atoms with Gasteiger partial charge in [-0.2, -0.15) is 5.10 Å². The van der Waals surface area contributed by atoms with Gasteiger partial charge in [0.25, 0.3) is 0 Å². The van der Waals surface area contributed by atoms with Crippen LogP contribution in [-0.4, -0.2) is 34.7 Å². The number of carbonyl (C=O) groups is 1. The molecule has 0 aliphatic carbocycles. The molecule has 0 aliphatic rings. The van der Waals surface area contributed by atoms with Gasteiger partial charge in [-0.3, -0.25) is 9.69 Å². The van der Waals surface area contributed by atoms with Crippen LogP contribution in [0.2, 0.25) is 0 Å². The van der Waals surface area contributed by atoms with E-state index in [2.05, 4.69) is 10.4 Å². The number of benzene rings is 2. The molecule has 0 spiro atoms. The molecule has 0 fully saturated rings. The first-order valence-corrected chi connectivity index (χ1v) is 7.78. The van der Waals surface area contributed by atoms with E-state index in [9.17, 15) is 4.79 Å². The zero-order valence-corrected chi connectivity index (χ0v) is 13.8. The molecule has 1 amide bonds. The summed E-state index contributed by atoms with van der Waals surface area (Å²) in [5.74, 6) is 0.427. The van der Waals surface area contributed by atoms with Crippen molar-refractivity contribution in [3.05, 3.63) is 78.5 Å². The molecule has 0 saturated heterocycles. The Bertz CT molecular complexity index is 797. The summed E-state index contributed by atoms with van der Waals surface area (Å²) in [4.78, 5) is 14.6. The number of likely N-dealkylation sites (N-methyl/N-ethyl adjacent to an activating group) is 1. The van der Waals surface area contributed by atoms with Gasteiger partial charge in [-0.05, 0) is 31.8 Å². The van der Waals surface area contributed by atoms with Crippen molar-refractivity contribution in [1.29, 1.82) is 0 Å². The number of aromatic nitrogens is 2. The van der Waals surface area contributed by atoms with Gasteiger partial charge in [0.05, 0.1) is 5.69 Å². The fourth-order valence-electron chi connectivity index (χ4n) is 2.63. The average Bonchev–Trinajstić information content (AvgIpc) is 3.05. The lowest BCUT2D eigenvalue weighted by molar-refractivity contribution is -0.120. The van der Waals surface area contributed by atoms with E-state index in [0.29, 0.717) is 5.82 Å². The molecular formula is C19H20N4O. The van der Waals surface area contributed by atoms with Crippen molar-refractivity contribution in [2.24, 2.45) is 0 Å². The summed E-state index contributed by atoms with van der Waals surface area (Å²) < 4.78 is 1.74. The Balaban J connectivity index is 1.78. The van der Waals surface area contributed by atoms with Gasteiger partial charge < -0.3 is 5.32 Å². The molecule has 0 aliphatic heterocycles. The zero-order chi connectivity index (χ0) is 16.9. The van der Waals surface area contributed by atoms with Crippen LogP contribution in [-0.2, 0) is 4.79 Å². The van der Waals surface area contributed by atoms with Gasteiger partial charge in [-0.15, -0.1) is 0 Å². The van der Waals surface area contributed by atoms with Crippen LogP contribution < -0.4 is 5.32 Å². The average molecular weight is 320 g/mol. The molecule has 2 aromatic carbocycles. The normalized spacial score (nSPS) is 12.1. The van der Waals surface area contributed by atoms with Crippen LogP contribution >= 0.6 is 0 Å². The first kappa shape index (κ1) is 16.0. The van der Waals surface area contributed by atoms with Gasteiger partial charge in [0.2, 0.25) is 5.91 Å². The molecule has 5 heteroatoms. The maximum atomic E-state index is 12.7. The molecule has 3 rings (SSSR count). The predicted octanol–water partition coefficient (Wildman–Crippen LogP) is 3.11. The van der Waals surface area contributed by atoms with E-state index in [1.54, 1.807) is 10.7 Å². The topological polar surface area (TPSA) is 50.2 Å². The molecular weight excluding hydrogens is 300 g/mol. The Morgan fingerprint density at radius 1 is 1.00 bits per heavy atom. The summed E-state index contributed by atoms with van der Waals surface area (Å²) in [6.07, 6.45) is 1.83. The molecule has 0 radical (unpaired) electrons. The molecule has 1 heterocycles. The van der Waals surface area contributed by atoms with Crippen LogP contribution in [0.3, 0.4) is 0 Å². The lowest BCUT2D eigenvalue weighted by atomic mass is 10.1. The smallest absolute Gasteiger partial charge is 0.247 e. The summed E-state index contributed by atoms with van der Waals surface area (Å²) in [5, 5.41) is 7.32. The van der Waals surface area contributed by atoms with Crippen LogP contribution in [0.25, 0.3) is 5.69 Å². The third-order valence-electron chi connectivity index (χ3n) is 3.74. The molecule has 0 saturated carbocycles. The molecule has 1 N–H and O–H groups in total. The van der Waals surface area contributed by atoms with E-state index in [-0.39, 0.29) is 11.9 Å². The molecule has 0 bridgehead atoms. The molecule has 1 unspecified atom stereocenters. The number of nitrogens with one attached hydrogen (secondary N) is 1. The number of hydrogen-bond acceptors (Lipinski definition) is 3. The predicted molar refractivity (Wildman–Crippen MR) is 95.1 cm³/mol. The monoisotopic (exact) mass is 320 g/mol. The Kier molecular flexibility index (Phi) is 4.72. The largest absolute Gasteiger partial charge is 0.308 e. The quantitative estimate of drug-likeness (QED) is 0.786. The van der Waals surface area contributed by atoms with Gasteiger partial charge in [0.1, 0.15) is 6.04 Å². The van der Waals surface area contributed by atoms with E-state index in [1.165, 1.54) is 0 Å². The molecule has 24 heavy (non-hydrogen) atoms. The number of para-hydroxylation sites is 1. The summed E-state index contributed by atoms with van der Waals surface area (Å²) in [6, 6.07) is 20.9.